The van der Waals surface area contributed by atoms with E-state index in [2.05, 4.69) is 15.3 Å². The first-order chi connectivity index (χ1) is 9.69. The molecule has 1 N–H and O–H groups in total. The molecule has 1 heterocycles. The number of hydrogen-bond acceptors (Lipinski definition) is 6. The summed E-state index contributed by atoms with van der Waals surface area (Å²) in [6.45, 7) is -0.426. The molecule has 104 valence electrons. The minimum atomic E-state index is -1.05. The Labute approximate surface area is 114 Å². The smallest absolute Gasteiger partial charge is 0.341 e. The lowest BCUT2D eigenvalue weighted by molar-refractivity contribution is -0.139. The minimum absolute atomic E-state index is 0.358. The van der Waals surface area contributed by atoms with Crippen LogP contribution < -0.4 is 9.47 Å². The Kier molecular flexibility index (Phi) is 4.28. The average Bonchev–Trinajstić information content (AvgIpc) is 2.96. The van der Waals surface area contributed by atoms with Crippen LogP contribution in [0.1, 0.15) is 5.56 Å². The van der Waals surface area contributed by atoms with Crippen molar-refractivity contribution in [2.45, 2.75) is 0 Å². The van der Waals surface area contributed by atoms with Gasteiger partial charge in [-0.05, 0) is 23.8 Å². The summed E-state index contributed by atoms with van der Waals surface area (Å²) >= 11 is 0. The summed E-state index contributed by atoms with van der Waals surface area (Å²) in [7, 11) is 1.48. The summed E-state index contributed by atoms with van der Waals surface area (Å²) in [5.74, 6) is -0.263. The van der Waals surface area contributed by atoms with Crippen LogP contribution in [0.4, 0.5) is 0 Å². The van der Waals surface area contributed by atoms with Crippen LogP contribution in [-0.2, 0) is 4.79 Å². The van der Waals surface area contributed by atoms with Crippen molar-refractivity contribution < 1.29 is 19.4 Å². The summed E-state index contributed by atoms with van der Waals surface area (Å²) in [5.41, 5.74) is 0.762. The number of aromatic nitrogens is 3. The van der Waals surface area contributed by atoms with E-state index in [0.717, 1.165) is 5.56 Å². The van der Waals surface area contributed by atoms with Crippen molar-refractivity contribution in [2.24, 2.45) is 5.10 Å². The third kappa shape index (κ3) is 3.55. The van der Waals surface area contributed by atoms with E-state index >= 15 is 0 Å². The van der Waals surface area contributed by atoms with E-state index in [0.29, 0.717) is 11.5 Å². The van der Waals surface area contributed by atoms with Crippen molar-refractivity contribution in [3.63, 3.8) is 0 Å². The third-order valence-corrected chi connectivity index (χ3v) is 2.29. The van der Waals surface area contributed by atoms with Gasteiger partial charge in [0.15, 0.2) is 18.1 Å². The number of methoxy groups -OCH3 is 1. The molecule has 0 unspecified atom stereocenters. The van der Waals surface area contributed by atoms with E-state index in [9.17, 15) is 4.79 Å². The van der Waals surface area contributed by atoms with E-state index in [1.165, 1.54) is 24.4 Å². The number of nitrogens with zero attached hydrogens (tertiary/aromatic N) is 4. The van der Waals surface area contributed by atoms with Gasteiger partial charge >= 0.3 is 5.97 Å². The number of carbonyl (C=O) groups is 1. The van der Waals surface area contributed by atoms with Gasteiger partial charge in [-0.1, -0.05) is 0 Å². The predicted molar refractivity (Wildman–Crippen MR) is 69.1 cm³/mol. The average molecular weight is 276 g/mol. The molecule has 0 atom stereocenters. The van der Waals surface area contributed by atoms with Crippen LogP contribution in [0.3, 0.4) is 0 Å². The highest BCUT2D eigenvalue weighted by Crippen LogP contribution is 2.27. The number of benzene rings is 1. The van der Waals surface area contributed by atoms with Gasteiger partial charge in [-0.25, -0.2) is 9.47 Å². The van der Waals surface area contributed by atoms with E-state index in [4.69, 9.17) is 14.6 Å². The molecule has 8 heteroatoms. The lowest BCUT2D eigenvalue weighted by Crippen LogP contribution is -2.10. The molecule has 0 bridgehead atoms. The van der Waals surface area contributed by atoms with Crippen molar-refractivity contribution >= 4 is 12.2 Å². The molecule has 0 aliphatic carbocycles. The van der Waals surface area contributed by atoms with Gasteiger partial charge in [-0.2, -0.15) is 5.10 Å². The second-order valence-electron chi connectivity index (χ2n) is 3.68. The molecule has 0 fully saturated rings. The van der Waals surface area contributed by atoms with Crippen molar-refractivity contribution in [3.05, 3.63) is 36.4 Å². The van der Waals surface area contributed by atoms with Crippen molar-refractivity contribution in [1.29, 1.82) is 0 Å². The fraction of sp³-hybridized carbons (Fsp3) is 0.167. The maximum absolute atomic E-state index is 10.5. The lowest BCUT2D eigenvalue weighted by Gasteiger charge is -2.09. The van der Waals surface area contributed by atoms with Gasteiger partial charge in [0.25, 0.3) is 0 Å². The van der Waals surface area contributed by atoms with Crippen LogP contribution in [0.5, 0.6) is 11.5 Å². The zero-order valence-electron chi connectivity index (χ0n) is 10.6. The highest BCUT2D eigenvalue weighted by Gasteiger charge is 2.07. The summed E-state index contributed by atoms with van der Waals surface area (Å²) < 4.78 is 11.7. The molecule has 0 spiro atoms. The Morgan fingerprint density at radius 2 is 2.15 bits per heavy atom. The Hall–Kier alpha value is -2.90. The van der Waals surface area contributed by atoms with Crippen molar-refractivity contribution in [2.75, 3.05) is 13.7 Å². The van der Waals surface area contributed by atoms with Gasteiger partial charge in [-0.15, -0.1) is 10.2 Å². The zero-order chi connectivity index (χ0) is 14.4. The van der Waals surface area contributed by atoms with Crippen LogP contribution in [-0.4, -0.2) is 45.9 Å². The normalized spacial score (nSPS) is 10.7. The van der Waals surface area contributed by atoms with Gasteiger partial charge in [0.2, 0.25) is 0 Å². The maximum Gasteiger partial charge on any atom is 0.341 e. The van der Waals surface area contributed by atoms with Crippen molar-refractivity contribution in [1.82, 2.24) is 14.9 Å². The third-order valence-electron chi connectivity index (χ3n) is 2.29. The molecular formula is C12H12N4O4. The minimum Gasteiger partial charge on any atom is -0.493 e. The quantitative estimate of drug-likeness (QED) is 0.777. The summed E-state index contributed by atoms with van der Waals surface area (Å²) in [5, 5.41) is 19.9. The first-order valence-electron chi connectivity index (χ1n) is 5.60. The Bertz CT molecular complexity index is 610. The molecular weight excluding hydrogens is 264 g/mol. The second-order valence-corrected chi connectivity index (χ2v) is 3.68. The summed E-state index contributed by atoms with van der Waals surface area (Å²) in [4.78, 5) is 10.5. The van der Waals surface area contributed by atoms with Gasteiger partial charge in [0.1, 0.15) is 12.7 Å². The molecule has 0 saturated carbocycles. The van der Waals surface area contributed by atoms with Gasteiger partial charge < -0.3 is 14.6 Å². The van der Waals surface area contributed by atoms with Crippen LogP contribution in [0.2, 0.25) is 0 Å². The predicted octanol–water partition coefficient (Wildman–Crippen LogP) is 0.632. The number of carboxylic acid groups (broad SMARTS) is 1. The van der Waals surface area contributed by atoms with Crippen molar-refractivity contribution in [3.8, 4) is 11.5 Å². The zero-order valence-corrected chi connectivity index (χ0v) is 10.6. The first kappa shape index (κ1) is 13.5. The molecule has 2 rings (SSSR count). The Morgan fingerprint density at radius 1 is 1.40 bits per heavy atom. The van der Waals surface area contributed by atoms with Crippen LogP contribution in [0, 0.1) is 0 Å². The highest BCUT2D eigenvalue weighted by molar-refractivity contribution is 5.80. The highest BCUT2D eigenvalue weighted by atomic mass is 16.5. The number of hydrogen-bond donors (Lipinski definition) is 1. The summed E-state index contributed by atoms with van der Waals surface area (Å²) in [6, 6.07) is 5.04. The Balaban J connectivity index is 2.14. The van der Waals surface area contributed by atoms with Crippen LogP contribution in [0.25, 0.3) is 0 Å². The van der Waals surface area contributed by atoms with E-state index in [-0.39, 0.29) is 0 Å². The summed E-state index contributed by atoms with van der Waals surface area (Å²) in [6.07, 6.45) is 4.50. The number of carboxylic acids is 1. The molecule has 0 aliphatic rings. The molecule has 1 aromatic heterocycles. The molecule has 0 radical (unpaired) electrons. The lowest BCUT2D eigenvalue weighted by atomic mass is 10.2. The van der Waals surface area contributed by atoms with Gasteiger partial charge in [0, 0.05) is 0 Å². The number of rotatable bonds is 6. The fourth-order valence-electron chi connectivity index (χ4n) is 1.41. The second kappa shape index (κ2) is 6.32. The largest absolute Gasteiger partial charge is 0.493 e. The molecule has 1 aromatic carbocycles. The molecule has 0 aliphatic heterocycles. The SMILES string of the molecule is COc1cc(/C=N/n2cnnc2)ccc1OCC(=O)O. The van der Waals surface area contributed by atoms with Crippen LogP contribution >= 0.6 is 0 Å². The first-order valence-corrected chi connectivity index (χ1v) is 5.60. The molecule has 0 amide bonds. The Morgan fingerprint density at radius 3 is 2.80 bits per heavy atom. The molecule has 20 heavy (non-hydrogen) atoms. The standard InChI is InChI=1S/C12H12N4O4/c1-19-11-4-9(5-15-16-7-13-14-8-16)2-3-10(11)20-6-12(17)18/h2-5,7-8H,6H2,1H3,(H,17,18)/b15-5+. The van der Waals surface area contributed by atoms with E-state index in [1.54, 1.807) is 24.4 Å². The monoisotopic (exact) mass is 276 g/mol. The number of aliphatic carboxylic acids is 1. The number of ether oxygens (including phenoxy) is 2. The topological polar surface area (TPSA) is 98.8 Å². The van der Waals surface area contributed by atoms with E-state index in [1.807, 2.05) is 0 Å². The molecule has 2 aromatic rings. The molecule has 8 nitrogen and oxygen atoms in total. The van der Waals surface area contributed by atoms with Gasteiger partial charge in [0.05, 0.1) is 13.3 Å². The fourth-order valence-corrected chi connectivity index (χ4v) is 1.41. The van der Waals surface area contributed by atoms with Gasteiger partial charge in [-0.3, -0.25) is 0 Å². The van der Waals surface area contributed by atoms with Crippen LogP contribution in [0.15, 0.2) is 36.0 Å². The molecule has 0 saturated heterocycles. The maximum atomic E-state index is 10.5. The van der Waals surface area contributed by atoms with E-state index < -0.39 is 12.6 Å².